The number of urea groups is 1. The molecule has 2 aliphatic carbocycles. The number of carbonyl (C=O) groups is 1. The van der Waals surface area contributed by atoms with Gasteiger partial charge in [-0.25, -0.2) is 14.8 Å². The second kappa shape index (κ2) is 7.17. The van der Waals surface area contributed by atoms with Crippen molar-refractivity contribution in [3.63, 3.8) is 0 Å². The van der Waals surface area contributed by atoms with Gasteiger partial charge < -0.3 is 10.6 Å². The molecule has 2 saturated carbocycles. The lowest BCUT2D eigenvalue weighted by Crippen LogP contribution is -2.48. The Labute approximate surface area is 144 Å². The topological polar surface area (TPSA) is 66.9 Å². The van der Waals surface area contributed by atoms with E-state index in [0.29, 0.717) is 0 Å². The number of nitrogens with one attached hydrogen (secondary N) is 2. The minimum Gasteiger partial charge on any atom is -0.335 e. The Bertz CT molecular complexity index is 597. The summed E-state index contributed by atoms with van der Waals surface area (Å²) < 4.78 is 37.4. The average molecular weight is 356 g/mol. The molecule has 8 heteroatoms. The van der Waals surface area contributed by atoms with Gasteiger partial charge in [0, 0.05) is 18.4 Å². The first-order chi connectivity index (χ1) is 11.9. The van der Waals surface area contributed by atoms with E-state index < -0.39 is 11.7 Å². The van der Waals surface area contributed by atoms with Crippen molar-refractivity contribution >= 4 is 6.03 Å². The predicted molar refractivity (Wildman–Crippen MR) is 85.6 cm³/mol. The van der Waals surface area contributed by atoms with Crippen LogP contribution in [0.1, 0.15) is 62.8 Å². The van der Waals surface area contributed by atoms with E-state index in [9.17, 15) is 18.0 Å². The lowest BCUT2D eigenvalue weighted by molar-refractivity contribution is -0.138. The second-order valence-corrected chi connectivity index (χ2v) is 7.08. The van der Waals surface area contributed by atoms with Gasteiger partial charge in [0.05, 0.1) is 12.1 Å². The lowest BCUT2D eigenvalue weighted by atomic mass is 9.70. The summed E-state index contributed by atoms with van der Waals surface area (Å²) in [6.45, 7) is 0.00366. The number of aromatic nitrogens is 2. The SMILES string of the molecule is O=C(NCc1ncc(C(F)(F)F)cn1)NC1CCCC12CCCCC2. The van der Waals surface area contributed by atoms with Gasteiger partial charge in [0.1, 0.15) is 5.82 Å². The fraction of sp³-hybridized carbons (Fsp3) is 0.706. The highest BCUT2D eigenvalue weighted by atomic mass is 19.4. The Kier molecular flexibility index (Phi) is 5.15. The van der Waals surface area contributed by atoms with E-state index in [4.69, 9.17) is 0 Å². The number of hydrogen-bond acceptors (Lipinski definition) is 3. The molecule has 1 unspecified atom stereocenters. The van der Waals surface area contributed by atoms with E-state index in [0.717, 1.165) is 25.2 Å². The zero-order valence-electron chi connectivity index (χ0n) is 14.0. The van der Waals surface area contributed by atoms with Gasteiger partial charge in [0.25, 0.3) is 0 Å². The molecule has 1 spiro atoms. The van der Waals surface area contributed by atoms with Crippen molar-refractivity contribution < 1.29 is 18.0 Å². The Morgan fingerprint density at radius 2 is 1.76 bits per heavy atom. The monoisotopic (exact) mass is 356 g/mol. The Morgan fingerprint density at radius 1 is 1.12 bits per heavy atom. The van der Waals surface area contributed by atoms with Gasteiger partial charge in [-0.1, -0.05) is 25.7 Å². The summed E-state index contributed by atoms with van der Waals surface area (Å²) in [6.07, 6.45) is 6.34. The summed E-state index contributed by atoms with van der Waals surface area (Å²) in [7, 11) is 0. The zero-order chi connectivity index (χ0) is 17.9. The number of hydrogen-bond donors (Lipinski definition) is 2. The van der Waals surface area contributed by atoms with E-state index in [-0.39, 0.29) is 29.9 Å². The summed E-state index contributed by atoms with van der Waals surface area (Å²) in [5, 5.41) is 5.71. The van der Waals surface area contributed by atoms with E-state index >= 15 is 0 Å². The fourth-order valence-electron chi connectivity index (χ4n) is 4.18. The smallest absolute Gasteiger partial charge is 0.335 e. The van der Waals surface area contributed by atoms with Crippen LogP contribution in [0.5, 0.6) is 0 Å². The normalized spacial score (nSPS) is 22.8. The van der Waals surface area contributed by atoms with E-state index in [1.54, 1.807) is 0 Å². The molecule has 1 aromatic rings. The molecule has 0 aromatic carbocycles. The van der Waals surface area contributed by atoms with Gasteiger partial charge in [0.15, 0.2) is 0 Å². The van der Waals surface area contributed by atoms with Gasteiger partial charge in [-0.2, -0.15) is 13.2 Å². The Hall–Kier alpha value is -1.86. The summed E-state index contributed by atoms with van der Waals surface area (Å²) >= 11 is 0. The van der Waals surface area contributed by atoms with Crippen LogP contribution in [-0.2, 0) is 12.7 Å². The highest BCUT2D eigenvalue weighted by Crippen LogP contribution is 2.49. The first-order valence-electron chi connectivity index (χ1n) is 8.82. The molecular weight excluding hydrogens is 333 g/mol. The van der Waals surface area contributed by atoms with Crippen LogP contribution >= 0.6 is 0 Å². The molecule has 0 saturated heterocycles. The largest absolute Gasteiger partial charge is 0.419 e. The number of amides is 2. The van der Waals surface area contributed by atoms with Crippen LogP contribution in [0.2, 0.25) is 0 Å². The second-order valence-electron chi connectivity index (χ2n) is 7.08. The minimum absolute atomic E-state index is 0.00366. The standard InChI is InChI=1S/C17H23F3N4O/c18-17(19,20)12-9-21-14(22-10-12)11-23-15(25)24-13-5-4-8-16(13)6-2-1-3-7-16/h9-10,13H,1-8,11H2,(H2,23,24,25). The van der Waals surface area contributed by atoms with Crippen molar-refractivity contribution in [3.8, 4) is 0 Å². The molecular formula is C17H23F3N4O. The van der Waals surface area contributed by atoms with Crippen LogP contribution in [0.4, 0.5) is 18.0 Å². The predicted octanol–water partition coefficient (Wildman–Crippen LogP) is 3.80. The van der Waals surface area contributed by atoms with Crippen molar-refractivity contribution in [2.75, 3.05) is 0 Å². The number of carbonyl (C=O) groups excluding carboxylic acids is 1. The molecule has 25 heavy (non-hydrogen) atoms. The summed E-state index contributed by atoms with van der Waals surface area (Å²) in [5.74, 6) is 0.155. The summed E-state index contributed by atoms with van der Waals surface area (Å²) in [4.78, 5) is 19.5. The molecule has 0 radical (unpaired) electrons. The Morgan fingerprint density at radius 3 is 2.40 bits per heavy atom. The number of nitrogens with zero attached hydrogens (tertiary/aromatic N) is 2. The highest BCUT2D eigenvalue weighted by molar-refractivity contribution is 5.74. The van der Waals surface area contributed by atoms with Crippen LogP contribution in [0.15, 0.2) is 12.4 Å². The van der Waals surface area contributed by atoms with Crippen molar-refractivity contribution in [1.82, 2.24) is 20.6 Å². The van der Waals surface area contributed by atoms with Gasteiger partial charge in [0.2, 0.25) is 0 Å². The molecule has 5 nitrogen and oxygen atoms in total. The first-order valence-corrected chi connectivity index (χ1v) is 8.82. The number of alkyl halides is 3. The third kappa shape index (κ3) is 4.22. The first kappa shape index (κ1) is 17.9. The average Bonchev–Trinajstić information content (AvgIpc) is 2.95. The maximum atomic E-state index is 12.5. The molecule has 2 aliphatic rings. The number of halogens is 3. The van der Waals surface area contributed by atoms with Gasteiger partial charge in [-0.3, -0.25) is 0 Å². The van der Waals surface area contributed by atoms with Crippen molar-refractivity contribution in [3.05, 3.63) is 23.8 Å². The summed E-state index contributed by atoms with van der Waals surface area (Å²) in [6, 6.07) is -0.123. The number of rotatable bonds is 3. The van der Waals surface area contributed by atoms with E-state index in [1.165, 1.54) is 38.5 Å². The van der Waals surface area contributed by atoms with Crippen molar-refractivity contribution in [2.45, 2.75) is 70.1 Å². The van der Waals surface area contributed by atoms with Gasteiger partial charge in [-0.05, 0) is 31.1 Å². The van der Waals surface area contributed by atoms with Crippen molar-refractivity contribution in [1.29, 1.82) is 0 Å². The zero-order valence-corrected chi connectivity index (χ0v) is 14.0. The maximum Gasteiger partial charge on any atom is 0.419 e. The lowest BCUT2D eigenvalue weighted by Gasteiger charge is -2.39. The molecule has 2 amide bonds. The van der Waals surface area contributed by atoms with Crippen LogP contribution in [0.25, 0.3) is 0 Å². The van der Waals surface area contributed by atoms with Crippen LogP contribution < -0.4 is 10.6 Å². The molecule has 0 bridgehead atoms. The third-order valence-electron chi connectivity index (χ3n) is 5.50. The molecule has 2 fully saturated rings. The van der Waals surface area contributed by atoms with E-state index in [2.05, 4.69) is 20.6 Å². The minimum atomic E-state index is -4.46. The molecule has 2 N–H and O–H groups in total. The molecule has 1 heterocycles. The van der Waals surface area contributed by atoms with Crippen LogP contribution in [0.3, 0.4) is 0 Å². The molecule has 1 atom stereocenters. The Balaban J connectivity index is 1.51. The van der Waals surface area contributed by atoms with Gasteiger partial charge >= 0.3 is 12.2 Å². The quantitative estimate of drug-likeness (QED) is 0.866. The molecule has 1 aromatic heterocycles. The molecule has 138 valence electrons. The fourth-order valence-corrected chi connectivity index (χ4v) is 4.18. The van der Waals surface area contributed by atoms with Crippen molar-refractivity contribution in [2.24, 2.45) is 5.41 Å². The maximum absolute atomic E-state index is 12.5. The molecule has 0 aliphatic heterocycles. The molecule has 3 rings (SSSR count). The van der Waals surface area contributed by atoms with Gasteiger partial charge in [-0.15, -0.1) is 0 Å². The summed E-state index contributed by atoms with van der Waals surface area (Å²) in [5.41, 5.74) is -0.661. The van der Waals surface area contributed by atoms with Crippen LogP contribution in [-0.4, -0.2) is 22.0 Å². The highest BCUT2D eigenvalue weighted by Gasteiger charge is 2.43. The van der Waals surface area contributed by atoms with E-state index in [1.807, 2.05) is 0 Å². The third-order valence-corrected chi connectivity index (χ3v) is 5.50. The van der Waals surface area contributed by atoms with Crippen LogP contribution in [0, 0.1) is 5.41 Å².